The summed E-state index contributed by atoms with van der Waals surface area (Å²) in [7, 11) is 2.03. The van der Waals surface area contributed by atoms with E-state index in [-0.39, 0.29) is 0 Å². The van der Waals surface area contributed by atoms with E-state index in [4.69, 9.17) is 5.73 Å². The fourth-order valence-corrected chi connectivity index (χ4v) is 3.47. The van der Waals surface area contributed by atoms with Crippen LogP contribution < -0.4 is 10.6 Å². The van der Waals surface area contributed by atoms with Crippen molar-refractivity contribution in [3.8, 4) is 0 Å². The van der Waals surface area contributed by atoms with Crippen molar-refractivity contribution in [2.75, 3.05) is 18.0 Å². The predicted octanol–water partition coefficient (Wildman–Crippen LogP) is 2.59. The van der Waals surface area contributed by atoms with Crippen LogP contribution >= 0.6 is 0 Å². The van der Waals surface area contributed by atoms with Crippen molar-refractivity contribution < 1.29 is 0 Å². The van der Waals surface area contributed by atoms with Crippen molar-refractivity contribution in [1.82, 2.24) is 9.78 Å². The smallest absolute Gasteiger partial charge is 0.131 e. The number of aryl methyl sites for hydroxylation is 2. The minimum Gasteiger partial charge on any atom is -0.357 e. The Kier molecular flexibility index (Phi) is 4.19. The zero-order valence-electron chi connectivity index (χ0n) is 12.9. The van der Waals surface area contributed by atoms with Gasteiger partial charge < -0.3 is 10.6 Å². The topological polar surface area (TPSA) is 47.1 Å². The number of nitrogens with zero attached hydrogens (tertiary/aromatic N) is 3. The van der Waals surface area contributed by atoms with Crippen LogP contribution in [0.15, 0.2) is 0 Å². The first-order valence-corrected chi connectivity index (χ1v) is 7.54. The lowest BCUT2D eigenvalue weighted by atomic mass is 9.74. The van der Waals surface area contributed by atoms with Crippen LogP contribution in [-0.2, 0) is 13.6 Å². The van der Waals surface area contributed by atoms with Crippen LogP contribution in [0.2, 0.25) is 0 Å². The number of hydrogen-bond acceptors (Lipinski definition) is 3. The van der Waals surface area contributed by atoms with Crippen LogP contribution in [0.1, 0.15) is 50.8 Å². The van der Waals surface area contributed by atoms with Crippen LogP contribution in [0.3, 0.4) is 0 Å². The maximum atomic E-state index is 5.90. The van der Waals surface area contributed by atoms with E-state index in [9.17, 15) is 0 Å². The Balaban J connectivity index is 2.18. The lowest BCUT2D eigenvalue weighted by Crippen LogP contribution is -2.41. The van der Waals surface area contributed by atoms with Crippen LogP contribution in [0.5, 0.6) is 0 Å². The summed E-state index contributed by atoms with van der Waals surface area (Å²) in [5.41, 5.74) is 8.74. The van der Waals surface area contributed by atoms with Crippen LogP contribution in [0.25, 0.3) is 0 Å². The lowest BCUT2D eigenvalue weighted by Gasteiger charge is -2.42. The molecule has 2 N–H and O–H groups in total. The number of nitrogens with two attached hydrogens (primary N) is 1. The third-order valence-corrected chi connectivity index (χ3v) is 5.14. The molecule has 4 heteroatoms. The van der Waals surface area contributed by atoms with E-state index in [0.717, 1.165) is 18.8 Å². The second-order valence-electron chi connectivity index (χ2n) is 5.91. The van der Waals surface area contributed by atoms with Gasteiger partial charge in [0.05, 0.1) is 5.69 Å². The normalized spacial score (nSPS) is 18.9. The monoisotopic (exact) mass is 264 g/mol. The largest absolute Gasteiger partial charge is 0.357 e. The number of piperidine rings is 1. The third kappa shape index (κ3) is 2.50. The van der Waals surface area contributed by atoms with E-state index in [0.29, 0.717) is 12.0 Å². The van der Waals surface area contributed by atoms with Gasteiger partial charge in [-0.1, -0.05) is 26.7 Å². The minimum absolute atomic E-state index is 0.563. The third-order valence-electron chi connectivity index (χ3n) is 5.14. The molecule has 0 bridgehead atoms. The minimum atomic E-state index is 0.563. The highest BCUT2D eigenvalue weighted by atomic mass is 15.4. The van der Waals surface area contributed by atoms with Crippen molar-refractivity contribution in [2.45, 2.75) is 53.0 Å². The second kappa shape index (κ2) is 5.53. The zero-order valence-corrected chi connectivity index (χ0v) is 12.9. The summed E-state index contributed by atoms with van der Waals surface area (Å²) >= 11 is 0. The number of aromatic nitrogens is 2. The zero-order chi connectivity index (χ0) is 14.0. The Morgan fingerprint density at radius 1 is 1.21 bits per heavy atom. The molecule has 0 aliphatic carbocycles. The van der Waals surface area contributed by atoms with Crippen molar-refractivity contribution >= 4 is 5.82 Å². The van der Waals surface area contributed by atoms with Gasteiger partial charge in [0.15, 0.2) is 0 Å². The highest BCUT2D eigenvalue weighted by Gasteiger charge is 2.32. The van der Waals surface area contributed by atoms with Crippen molar-refractivity contribution in [3.63, 3.8) is 0 Å². The molecule has 1 aliphatic heterocycles. The van der Waals surface area contributed by atoms with Gasteiger partial charge >= 0.3 is 0 Å². The summed E-state index contributed by atoms with van der Waals surface area (Å²) in [5, 5.41) is 4.53. The van der Waals surface area contributed by atoms with E-state index in [1.807, 2.05) is 11.7 Å². The van der Waals surface area contributed by atoms with Crippen molar-refractivity contribution in [3.05, 3.63) is 11.3 Å². The quantitative estimate of drug-likeness (QED) is 0.909. The maximum absolute atomic E-state index is 5.90. The summed E-state index contributed by atoms with van der Waals surface area (Å²) < 4.78 is 2.00. The van der Waals surface area contributed by atoms with Gasteiger partial charge in [-0.25, -0.2) is 0 Å². The van der Waals surface area contributed by atoms with Gasteiger partial charge in [-0.15, -0.1) is 0 Å². The second-order valence-corrected chi connectivity index (χ2v) is 5.91. The Morgan fingerprint density at radius 3 is 2.26 bits per heavy atom. The van der Waals surface area contributed by atoms with Crippen LogP contribution in [-0.4, -0.2) is 22.9 Å². The Bertz CT molecular complexity index is 422. The van der Waals surface area contributed by atoms with Gasteiger partial charge in [-0.2, -0.15) is 5.10 Å². The Morgan fingerprint density at radius 2 is 1.79 bits per heavy atom. The molecular weight excluding hydrogens is 236 g/mol. The highest BCUT2D eigenvalue weighted by Crippen LogP contribution is 2.39. The molecule has 4 nitrogen and oxygen atoms in total. The number of hydrogen-bond donors (Lipinski definition) is 1. The molecule has 0 unspecified atom stereocenters. The van der Waals surface area contributed by atoms with Crippen LogP contribution in [0.4, 0.5) is 5.82 Å². The molecule has 1 fully saturated rings. The standard InChI is InChI=1S/C15H28N4/c1-5-15(6-2)7-9-19(10-8-15)14-13(11-16)12(3)17-18(14)4/h5-11,16H2,1-4H3. The summed E-state index contributed by atoms with van der Waals surface area (Å²) in [6.07, 6.45) is 5.17. The van der Waals surface area contributed by atoms with Gasteiger partial charge in [-0.3, -0.25) is 4.68 Å². The van der Waals surface area contributed by atoms with Crippen molar-refractivity contribution in [2.24, 2.45) is 18.2 Å². The molecule has 0 amide bonds. The molecule has 1 aromatic rings. The van der Waals surface area contributed by atoms with Gasteiger partial charge in [0.2, 0.25) is 0 Å². The molecule has 0 aromatic carbocycles. The molecule has 19 heavy (non-hydrogen) atoms. The van der Waals surface area contributed by atoms with Crippen LogP contribution in [0, 0.1) is 12.3 Å². The fraction of sp³-hybridized carbons (Fsp3) is 0.800. The highest BCUT2D eigenvalue weighted by molar-refractivity contribution is 5.50. The molecule has 2 rings (SSSR count). The van der Waals surface area contributed by atoms with E-state index >= 15 is 0 Å². The van der Waals surface area contributed by atoms with Crippen molar-refractivity contribution in [1.29, 1.82) is 0 Å². The molecule has 1 aromatic heterocycles. The molecule has 1 saturated heterocycles. The molecule has 0 atom stereocenters. The van der Waals surface area contributed by atoms with E-state index < -0.39 is 0 Å². The number of anilines is 1. The number of rotatable bonds is 4. The Hall–Kier alpha value is -1.03. The van der Waals surface area contributed by atoms with E-state index in [1.165, 1.54) is 37.1 Å². The average molecular weight is 264 g/mol. The SMILES string of the molecule is CCC1(CC)CCN(c2c(CN)c(C)nn2C)CC1. The fourth-order valence-electron chi connectivity index (χ4n) is 3.47. The molecule has 108 valence electrons. The molecular formula is C15H28N4. The Labute approximate surface area is 117 Å². The first kappa shape index (κ1) is 14.4. The summed E-state index contributed by atoms with van der Waals surface area (Å²) in [5.74, 6) is 1.24. The first-order valence-electron chi connectivity index (χ1n) is 7.54. The van der Waals surface area contributed by atoms with Gasteiger partial charge in [-0.05, 0) is 25.2 Å². The maximum Gasteiger partial charge on any atom is 0.131 e. The van der Waals surface area contributed by atoms with Gasteiger partial charge in [0.1, 0.15) is 5.82 Å². The molecule has 1 aliphatic rings. The predicted molar refractivity (Wildman–Crippen MR) is 80.3 cm³/mol. The summed E-state index contributed by atoms with van der Waals surface area (Å²) in [4.78, 5) is 2.48. The van der Waals surface area contributed by atoms with E-state index in [1.54, 1.807) is 0 Å². The van der Waals surface area contributed by atoms with E-state index in [2.05, 4.69) is 30.8 Å². The molecule has 0 radical (unpaired) electrons. The summed E-state index contributed by atoms with van der Waals surface area (Å²) in [6, 6.07) is 0. The van der Waals surface area contributed by atoms with Gasteiger partial charge in [0.25, 0.3) is 0 Å². The van der Waals surface area contributed by atoms with Gasteiger partial charge in [0, 0.05) is 32.2 Å². The summed E-state index contributed by atoms with van der Waals surface area (Å²) in [6.45, 7) is 9.56. The molecule has 2 heterocycles. The first-order chi connectivity index (χ1) is 9.06. The lowest BCUT2D eigenvalue weighted by molar-refractivity contribution is 0.198. The molecule has 0 saturated carbocycles. The molecule has 0 spiro atoms. The average Bonchev–Trinajstić information content (AvgIpc) is 2.73.